The van der Waals surface area contributed by atoms with E-state index in [0.29, 0.717) is 0 Å². The van der Waals surface area contributed by atoms with Gasteiger partial charge in [-0.2, -0.15) is 0 Å². The Morgan fingerprint density at radius 3 is 3.00 bits per heavy atom. The van der Waals surface area contributed by atoms with Crippen molar-refractivity contribution in [3.63, 3.8) is 0 Å². The number of rotatable bonds is 2. The minimum atomic E-state index is 0.168. The van der Waals surface area contributed by atoms with Crippen LogP contribution in [0.15, 0.2) is 24.4 Å². The molecule has 1 unspecified atom stereocenters. The minimum absolute atomic E-state index is 0.168. The molecule has 1 N–H and O–H groups in total. The summed E-state index contributed by atoms with van der Waals surface area (Å²) in [5.74, 6) is 0. The molecule has 1 aromatic rings. The largest absolute Gasteiger partial charge is 0.306 e. The maximum Gasteiger partial charge on any atom is 0.0606 e. The molecule has 0 radical (unpaired) electrons. The maximum absolute atomic E-state index is 4.44. The molecule has 1 fully saturated rings. The van der Waals surface area contributed by atoms with Gasteiger partial charge >= 0.3 is 0 Å². The summed E-state index contributed by atoms with van der Waals surface area (Å²) < 4.78 is 0. The average Bonchev–Trinajstić information content (AvgIpc) is 2.69. The second-order valence-corrected chi connectivity index (χ2v) is 3.68. The van der Waals surface area contributed by atoms with Gasteiger partial charge < -0.3 is 5.32 Å². The molecule has 0 spiro atoms. The van der Waals surface area contributed by atoms with Gasteiger partial charge in [-0.3, -0.25) is 4.98 Å². The first-order chi connectivity index (χ1) is 6.37. The molecular formula is C11H16N2. The van der Waals surface area contributed by atoms with E-state index < -0.39 is 0 Å². The maximum atomic E-state index is 4.44. The molecule has 1 aliphatic heterocycles. The van der Waals surface area contributed by atoms with E-state index in [4.69, 9.17) is 0 Å². The molecule has 1 aromatic heterocycles. The van der Waals surface area contributed by atoms with Crippen LogP contribution in [0.3, 0.4) is 0 Å². The van der Waals surface area contributed by atoms with Crippen LogP contribution in [-0.4, -0.2) is 11.5 Å². The van der Waals surface area contributed by atoms with Crippen LogP contribution in [0.2, 0.25) is 0 Å². The first-order valence-electron chi connectivity index (χ1n) is 5.04. The van der Waals surface area contributed by atoms with Crippen molar-refractivity contribution in [1.82, 2.24) is 10.3 Å². The Balaban J connectivity index is 2.31. The molecule has 2 rings (SSSR count). The summed E-state index contributed by atoms with van der Waals surface area (Å²) in [6, 6.07) is 6.17. The van der Waals surface area contributed by atoms with Crippen LogP contribution >= 0.6 is 0 Å². The van der Waals surface area contributed by atoms with Crippen LogP contribution in [-0.2, 0) is 5.54 Å². The van der Waals surface area contributed by atoms with Crippen LogP contribution in [0, 0.1) is 0 Å². The summed E-state index contributed by atoms with van der Waals surface area (Å²) >= 11 is 0. The lowest BCUT2D eigenvalue weighted by molar-refractivity contribution is 0.365. The zero-order chi connectivity index (χ0) is 9.15. The summed E-state index contributed by atoms with van der Waals surface area (Å²) in [4.78, 5) is 4.44. The van der Waals surface area contributed by atoms with Crippen molar-refractivity contribution in [1.29, 1.82) is 0 Å². The first kappa shape index (κ1) is 8.70. The molecule has 70 valence electrons. The lowest BCUT2D eigenvalue weighted by Crippen LogP contribution is -2.36. The molecule has 13 heavy (non-hydrogen) atoms. The van der Waals surface area contributed by atoms with Gasteiger partial charge in [-0.25, -0.2) is 0 Å². The highest BCUT2D eigenvalue weighted by Crippen LogP contribution is 2.32. The summed E-state index contributed by atoms with van der Waals surface area (Å²) in [7, 11) is 0. The highest BCUT2D eigenvalue weighted by atomic mass is 15.0. The van der Waals surface area contributed by atoms with Crippen molar-refractivity contribution >= 4 is 0 Å². The number of hydrogen-bond acceptors (Lipinski definition) is 2. The van der Waals surface area contributed by atoms with Crippen molar-refractivity contribution < 1.29 is 0 Å². The van der Waals surface area contributed by atoms with Crippen molar-refractivity contribution in [2.24, 2.45) is 0 Å². The predicted octanol–water partition coefficient (Wildman–Crippen LogP) is 2.07. The number of pyridine rings is 1. The summed E-state index contributed by atoms with van der Waals surface area (Å²) in [6.45, 7) is 3.36. The molecule has 1 saturated heterocycles. The Labute approximate surface area is 79.4 Å². The smallest absolute Gasteiger partial charge is 0.0606 e. The molecule has 0 aliphatic carbocycles. The molecule has 0 saturated carbocycles. The van der Waals surface area contributed by atoms with Gasteiger partial charge in [0.15, 0.2) is 0 Å². The topological polar surface area (TPSA) is 24.9 Å². The van der Waals surface area contributed by atoms with Crippen molar-refractivity contribution in [2.75, 3.05) is 6.54 Å². The molecule has 0 amide bonds. The van der Waals surface area contributed by atoms with E-state index in [2.05, 4.69) is 29.4 Å². The molecule has 0 bridgehead atoms. The predicted molar refractivity (Wildman–Crippen MR) is 53.4 cm³/mol. The van der Waals surface area contributed by atoms with Gasteiger partial charge in [-0.15, -0.1) is 0 Å². The van der Waals surface area contributed by atoms with Gasteiger partial charge in [0.1, 0.15) is 0 Å². The average molecular weight is 176 g/mol. The lowest BCUT2D eigenvalue weighted by atomic mass is 9.90. The number of hydrogen-bond donors (Lipinski definition) is 1. The SMILES string of the molecule is CCC1(c2ccccn2)CCCN1. The second kappa shape index (κ2) is 3.46. The highest BCUT2D eigenvalue weighted by Gasteiger charge is 2.34. The number of aromatic nitrogens is 1. The van der Waals surface area contributed by atoms with Crippen LogP contribution in [0.5, 0.6) is 0 Å². The van der Waals surface area contributed by atoms with Crippen LogP contribution < -0.4 is 5.32 Å². The van der Waals surface area contributed by atoms with Crippen LogP contribution in [0.4, 0.5) is 0 Å². The quantitative estimate of drug-likeness (QED) is 0.746. The van der Waals surface area contributed by atoms with Crippen LogP contribution in [0.25, 0.3) is 0 Å². The third kappa shape index (κ3) is 1.46. The molecule has 1 aliphatic rings. The molecule has 2 heteroatoms. The zero-order valence-corrected chi connectivity index (χ0v) is 8.09. The third-order valence-electron chi connectivity index (χ3n) is 3.00. The fourth-order valence-electron chi connectivity index (χ4n) is 2.15. The monoisotopic (exact) mass is 176 g/mol. The zero-order valence-electron chi connectivity index (χ0n) is 8.09. The fraction of sp³-hybridized carbons (Fsp3) is 0.545. The molecule has 2 nitrogen and oxygen atoms in total. The third-order valence-corrected chi connectivity index (χ3v) is 3.00. The fourth-order valence-corrected chi connectivity index (χ4v) is 2.15. The lowest BCUT2D eigenvalue weighted by Gasteiger charge is -2.27. The summed E-state index contributed by atoms with van der Waals surface area (Å²) in [5, 5.41) is 3.57. The molecule has 1 atom stereocenters. The van der Waals surface area contributed by atoms with Gasteiger partial charge in [0.2, 0.25) is 0 Å². The van der Waals surface area contributed by atoms with Gasteiger partial charge in [0.05, 0.1) is 11.2 Å². The van der Waals surface area contributed by atoms with Crippen molar-refractivity contribution in [3.8, 4) is 0 Å². The standard InChI is InChI=1S/C11H16N2/c1-2-11(7-5-9-13-11)10-6-3-4-8-12-10/h3-4,6,8,13H,2,5,7,9H2,1H3. The molecule has 2 heterocycles. The van der Waals surface area contributed by atoms with Crippen molar-refractivity contribution in [2.45, 2.75) is 31.7 Å². The van der Waals surface area contributed by atoms with E-state index in [1.54, 1.807) is 0 Å². The second-order valence-electron chi connectivity index (χ2n) is 3.68. The van der Waals surface area contributed by atoms with E-state index in [9.17, 15) is 0 Å². The highest BCUT2D eigenvalue weighted by molar-refractivity contribution is 5.17. The normalized spacial score (nSPS) is 27.8. The number of nitrogens with one attached hydrogen (secondary N) is 1. The van der Waals surface area contributed by atoms with E-state index in [1.165, 1.54) is 18.5 Å². The Bertz CT molecular complexity index is 263. The Morgan fingerprint density at radius 1 is 1.54 bits per heavy atom. The first-order valence-corrected chi connectivity index (χ1v) is 5.04. The van der Waals surface area contributed by atoms with E-state index in [1.807, 2.05) is 12.3 Å². The van der Waals surface area contributed by atoms with Crippen molar-refractivity contribution in [3.05, 3.63) is 30.1 Å². The molecule has 0 aromatic carbocycles. The van der Waals surface area contributed by atoms with E-state index in [0.717, 1.165) is 13.0 Å². The Kier molecular flexibility index (Phi) is 2.32. The van der Waals surface area contributed by atoms with Gasteiger partial charge in [0, 0.05) is 6.20 Å². The van der Waals surface area contributed by atoms with Crippen LogP contribution in [0.1, 0.15) is 31.9 Å². The Hall–Kier alpha value is -0.890. The Morgan fingerprint density at radius 2 is 2.46 bits per heavy atom. The minimum Gasteiger partial charge on any atom is -0.306 e. The van der Waals surface area contributed by atoms with E-state index >= 15 is 0 Å². The van der Waals surface area contributed by atoms with E-state index in [-0.39, 0.29) is 5.54 Å². The van der Waals surface area contributed by atoms with Gasteiger partial charge in [-0.1, -0.05) is 13.0 Å². The number of nitrogens with zero attached hydrogens (tertiary/aromatic N) is 1. The summed E-state index contributed by atoms with van der Waals surface area (Å²) in [6.07, 6.45) is 5.50. The van der Waals surface area contributed by atoms with Gasteiger partial charge in [-0.05, 0) is 37.9 Å². The molecular weight excluding hydrogens is 160 g/mol. The summed E-state index contributed by atoms with van der Waals surface area (Å²) in [5.41, 5.74) is 1.37. The van der Waals surface area contributed by atoms with Gasteiger partial charge in [0.25, 0.3) is 0 Å².